The molecule has 0 radical (unpaired) electrons. The molecule has 0 aliphatic rings. The molecule has 0 bridgehead atoms. The van der Waals surface area contributed by atoms with E-state index in [-0.39, 0.29) is 23.4 Å². The standard InChI is InChI=1S/C31H39N3O4S/c1-7-28(31(36)32-22(2)3)33(20-26-13-11-12-23(4)19-26)30(35)21-34(29-17-16-24(5)18-25(29)6)39(37,38)27-14-9-8-10-15-27/h8-19,22,28H,7,20-21H2,1-6H3,(H,32,36). The van der Waals surface area contributed by atoms with E-state index in [0.29, 0.717) is 12.1 Å². The van der Waals surface area contributed by atoms with Gasteiger partial charge in [-0.15, -0.1) is 0 Å². The van der Waals surface area contributed by atoms with Crippen molar-refractivity contribution in [1.82, 2.24) is 10.2 Å². The molecule has 2 amide bonds. The van der Waals surface area contributed by atoms with E-state index in [1.54, 1.807) is 24.3 Å². The lowest BCUT2D eigenvalue weighted by atomic mass is 10.1. The molecule has 0 spiro atoms. The summed E-state index contributed by atoms with van der Waals surface area (Å²) in [5.41, 5.74) is 4.04. The maximum Gasteiger partial charge on any atom is 0.264 e. The fourth-order valence-corrected chi connectivity index (χ4v) is 6.13. The summed E-state index contributed by atoms with van der Waals surface area (Å²) in [6, 6.07) is 20.4. The van der Waals surface area contributed by atoms with Gasteiger partial charge >= 0.3 is 0 Å². The lowest BCUT2D eigenvalue weighted by molar-refractivity contribution is -0.140. The van der Waals surface area contributed by atoms with Gasteiger partial charge < -0.3 is 10.2 Å². The predicted octanol–water partition coefficient (Wildman–Crippen LogP) is 5.14. The van der Waals surface area contributed by atoms with Crippen molar-refractivity contribution in [2.75, 3.05) is 10.8 Å². The van der Waals surface area contributed by atoms with Crippen LogP contribution >= 0.6 is 0 Å². The molecule has 3 aromatic carbocycles. The van der Waals surface area contributed by atoms with Crippen molar-refractivity contribution in [3.05, 3.63) is 95.1 Å². The topological polar surface area (TPSA) is 86.8 Å². The molecule has 0 heterocycles. The Kier molecular flexibility index (Phi) is 9.92. The minimum atomic E-state index is -4.08. The van der Waals surface area contributed by atoms with Gasteiger partial charge in [0.1, 0.15) is 12.6 Å². The largest absolute Gasteiger partial charge is 0.352 e. The highest BCUT2D eigenvalue weighted by Gasteiger charge is 2.34. The summed E-state index contributed by atoms with van der Waals surface area (Å²) >= 11 is 0. The van der Waals surface area contributed by atoms with Crippen LogP contribution in [0, 0.1) is 20.8 Å². The third kappa shape index (κ3) is 7.47. The zero-order chi connectivity index (χ0) is 28.7. The normalized spacial score (nSPS) is 12.2. The molecule has 1 atom stereocenters. The van der Waals surface area contributed by atoms with Crippen LogP contribution < -0.4 is 9.62 Å². The molecule has 3 rings (SSSR count). The quantitative estimate of drug-likeness (QED) is 0.359. The maximum atomic E-state index is 14.1. The van der Waals surface area contributed by atoms with Crippen molar-refractivity contribution < 1.29 is 18.0 Å². The molecular formula is C31H39N3O4S. The number of benzene rings is 3. The summed E-state index contributed by atoms with van der Waals surface area (Å²) < 4.78 is 29.0. The van der Waals surface area contributed by atoms with Crippen molar-refractivity contribution in [2.45, 2.75) is 71.5 Å². The second-order valence-electron chi connectivity index (χ2n) is 10.2. The van der Waals surface area contributed by atoms with Gasteiger partial charge in [0.2, 0.25) is 11.8 Å². The summed E-state index contributed by atoms with van der Waals surface area (Å²) in [5, 5.41) is 2.92. The molecule has 0 saturated carbocycles. The van der Waals surface area contributed by atoms with E-state index in [9.17, 15) is 18.0 Å². The highest BCUT2D eigenvalue weighted by atomic mass is 32.2. The SMILES string of the molecule is CCC(C(=O)NC(C)C)N(Cc1cccc(C)c1)C(=O)CN(c1ccc(C)cc1C)S(=O)(=O)c1ccccc1. The van der Waals surface area contributed by atoms with Crippen molar-refractivity contribution in [3.8, 4) is 0 Å². The van der Waals surface area contributed by atoms with Crippen molar-refractivity contribution in [3.63, 3.8) is 0 Å². The molecule has 3 aromatic rings. The average Bonchev–Trinajstić information content (AvgIpc) is 2.87. The molecule has 0 saturated heterocycles. The molecule has 1 N–H and O–H groups in total. The summed E-state index contributed by atoms with van der Waals surface area (Å²) in [6.07, 6.45) is 0.380. The van der Waals surface area contributed by atoms with Crippen LogP contribution in [0.3, 0.4) is 0 Å². The molecule has 0 aromatic heterocycles. The monoisotopic (exact) mass is 549 g/mol. The number of nitrogens with one attached hydrogen (secondary N) is 1. The van der Waals surface area contributed by atoms with Gasteiger partial charge in [-0.2, -0.15) is 0 Å². The zero-order valence-corrected chi connectivity index (χ0v) is 24.5. The van der Waals surface area contributed by atoms with Gasteiger partial charge in [-0.1, -0.05) is 72.6 Å². The first-order valence-electron chi connectivity index (χ1n) is 13.2. The predicted molar refractivity (Wildman–Crippen MR) is 156 cm³/mol. The van der Waals surface area contributed by atoms with E-state index >= 15 is 0 Å². The molecule has 1 unspecified atom stereocenters. The van der Waals surface area contributed by atoms with E-state index in [2.05, 4.69) is 5.32 Å². The first-order chi connectivity index (χ1) is 18.4. The van der Waals surface area contributed by atoms with Crippen molar-refractivity contribution in [1.29, 1.82) is 0 Å². The second-order valence-corrected chi connectivity index (χ2v) is 12.1. The summed E-state index contributed by atoms with van der Waals surface area (Å²) in [6.45, 7) is 11.0. The Hall–Kier alpha value is -3.65. The molecule has 8 heteroatoms. The van der Waals surface area contributed by atoms with Crippen LogP contribution in [0.1, 0.15) is 49.4 Å². The molecule has 39 heavy (non-hydrogen) atoms. The Bertz CT molecular complexity index is 1400. The van der Waals surface area contributed by atoms with E-state index in [4.69, 9.17) is 0 Å². The fourth-order valence-electron chi connectivity index (χ4n) is 4.63. The lowest BCUT2D eigenvalue weighted by Gasteiger charge is -2.34. The molecular weight excluding hydrogens is 510 g/mol. The number of rotatable bonds is 11. The number of anilines is 1. The number of carbonyl (C=O) groups is 2. The van der Waals surface area contributed by atoms with Gasteiger partial charge in [0.25, 0.3) is 10.0 Å². The van der Waals surface area contributed by atoms with Crippen molar-refractivity contribution in [2.24, 2.45) is 0 Å². The van der Waals surface area contributed by atoms with Crippen molar-refractivity contribution >= 4 is 27.5 Å². The Labute approximate surface area is 232 Å². The van der Waals surface area contributed by atoms with Gasteiger partial charge in [0.05, 0.1) is 10.6 Å². The van der Waals surface area contributed by atoms with Crippen LogP contribution in [0.5, 0.6) is 0 Å². The van der Waals surface area contributed by atoms with Gasteiger partial charge in [-0.3, -0.25) is 13.9 Å². The van der Waals surface area contributed by atoms with E-state index in [1.165, 1.54) is 17.0 Å². The van der Waals surface area contributed by atoms with E-state index in [0.717, 1.165) is 26.6 Å². The van der Waals surface area contributed by atoms with E-state index in [1.807, 2.05) is 77.9 Å². The number of amides is 2. The summed E-state index contributed by atoms with van der Waals surface area (Å²) in [5.74, 6) is -0.723. The number of carbonyl (C=O) groups excluding carboxylic acids is 2. The first kappa shape index (κ1) is 29.9. The van der Waals surface area contributed by atoms with Gasteiger partial charge in [0.15, 0.2) is 0 Å². The summed E-state index contributed by atoms with van der Waals surface area (Å²) in [4.78, 5) is 28.9. The molecule has 0 fully saturated rings. The van der Waals surface area contributed by atoms with Crippen LogP contribution in [-0.4, -0.2) is 43.8 Å². The van der Waals surface area contributed by atoms with Crippen LogP contribution in [0.2, 0.25) is 0 Å². The number of sulfonamides is 1. The van der Waals surface area contributed by atoms with Gasteiger partial charge in [-0.25, -0.2) is 8.42 Å². The lowest BCUT2D eigenvalue weighted by Crippen LogP contribution is -2.53. The molecule has 7 nitrogen and oxygen atoms in total. The van der Waals surface area contributed by atoms with E-state index < -0.39 is 28.5 Å². The minimum absolute atomic E-state index is 0.0904. The van der Waals surface area contributed by atoms with Gasteiger partial charge in [0, 0.05) is 12.6 Å². The summed E-state index contributed by atoms with van der Waals surface area (Å²) in [7, 11) is -4.08. The highest BCUT2D eigenvalue weighted by Crippen LogP contribution is 2.28. The minimum Gasteiger partial charge on any atom is -0.352 e. The smallest absolute Gasteiger partial charge is 0.264 e. The fraction of sp³-hybridized carbons (Fsp3) is 0.355. The maximum absolute atomic E-state index is 14.1. The Morgan fingerprint density at radius 3 is 2.13 bits per heavy atom. The first-order valence-corrected chi connectivity index (χ1v) is 14.7. The molecule has 0 aliphatic carbocycles. The number of hydrogen-bond donors (Lipinski definition) is 1. The number of hydrogen-bond acceptors (Lipinski definition) is 4. The van der Waals surface area contributed by atoms with Crippen LogP contribution in [0.25, 0.3) is 0 Å². The third-order valence-corrected chi connectivity index (χ3v) is 8.26. The Morgan fingerprint density at radius 2 is 1.54 bits per heavy atom. The van der Waals surface area contributed by atoms with Crippen LogP contribution in [0.15, 0.2) is 77.7 Å². The zero-order valence-electron chi connectivity index (χ0n) is 23.6. The van der Waals surface area contributed by atoms with Crippen LogP contribution in [-0.2, 0) is 26.2 Å². The molecule has 208 valence electrons. The van der Waals surface area contributed by atoms with Gasteiger partial charge in [-0.05, 0) is 70.4 Å². The highest BCUT2D eigenvalue weighted by molar-refractivity contribution is 7.92. The third-order valence-electron chi connectivity index (χ3n) is 6.48. The number of nitrogens with zero attached hydrogens (tertiary/aromatic N) is 2. The Morgan fingerprint density at radius 1 is 0.872 bits per heavy atom. The van der Waals surface area contributed by atoms with Crippen LogP contribution in [0.4, 0.5) is 5.69 Å². The average molecular weight is 550 g/mol. The molecule has 0 aliphatic heterocycles. The Balaban J connectivity index is 2.09. The second kappa shape index (κ2) is 12.9. The number of aryl methyl sites for hydroxylation is 3.